The Bertz CT molecular complexity index is 601. The number of halogens is 3. The van der Waals surface area contributed by atoms with Crippen molar-refractivity contribution in [3.63, 3.8) is 0 Å². The highest BCUT2D eigenvalue weighted by atomic mass is 32.1. The first-order valence-corrected chi connectivity index (χ1v) is 6.30. The number of aromatic carboxylic acids is 1. The molecule has 1 N–H and O–H groups in total. The molecule has 0 saturated heterocycles. The number of aryl methyl sites for hydroxylation is 1. The lowest BCUT2D eigenvalue weighted by atomic mass is 10.3. The van der Waals surface area contributed by atoms with Crippen LogP contribution < -0.4 is 0 Å². The topological polar surface area (TPSA) is 50.2 Å². The number of thiophene rings is 1. The molecule has 2 aromatic heterocycles. The lowest BCUT2D eigenvalue weighted by molar-refractivity contribution is -0.141. The van der Waals surface area contributed by atoms with Gasteiger partial charge in [0.15, 0.2) is 5.69 Å². The monoisotopic (exact) mass is 293 g/mol. The summed E-state index contributed by atoms with van der Waals surface area (Å²) in [5.41, 5.74) is -1.33. The molecule has 0 aliphatic carbocycles. The Kier molecular flexibility index (Phi) is 3.16. The summed E-state index contributed by atoms with van der Waals surface area (Å²) in [4.78, 5) is 14.9. The molecule has 0 amide bonds. The van der Waals surface area contributed by atoms with Crippen molar-refractivity contribution in [1.82, 2.24) is 4.98 Å². The first-order valence-electron chi connectivity index (χ1n) is 4.67. The first-order chi connectivity index (χ1) is 8.29. The number of hydrogen-bond acceptors (Lipinski definition) is 4. The molecule has 8 heteroatoms. The minimum Gasteiger partial charge on any atom is -0.477 e. The third-order valence-electron chi connectivity index (χ3n) is 2.04. The summed E-state index contributed by atoms with van der Waals surface area (Å²) in [5, 5.41) is 8.85. The van der Waals surface area contributed by atoms with E-state index in [2.05, 4.69) is 4.98 Å². The van der Waals surface area contributed by atoms with Crippen LogP contribution in [0.15, 0.2) is 12.1 Å². The zero-order valence-electron chi connectivity index (χ0n) is 8.91. The summed E-state index contributed by atoms with van der Waals surface area (Å²) in [6, 6.07) is 3.37. The molecule has 2 heterocycles. The van der Waals surface area contributed by atoms with E-state index in [-0.39, 0.29) is 5.01 Å². The number of carboxylic acids is 1. The van der Waals surface area contributed by atoms with Crippen LogP contribution in [0.25, 0.3) is 9.88 Å². The third kappa shape index (κ3) is 2.39. The first kappa shape index (κ1) is 13.0. The Morgan fingerprint density at radius 1 is 1.33 bits per heavy atom. The summed E-state index contributed by atoms with van der Waals surface area (Å²) in [6.45, 7) is 1.81. The van der Waals surface area contributed by atoms with Crippen LogP contribution in [0.3, 0.4) is 0 Å². The summed E-state index contributed by atoms with van der Waals surface area (Å²) in [6.07, 6.45) is -4.76. The van der Waals surface area contributed by atoms with Crippen molar-refractivity contribution in [2.24, 2.45) is 0 Å². The Labute approximate surface area is 108 Å². The molecule has 18 heavy (non-hydrogen) atoms. The second-order valence-corrected chi connectivity index (χ2v) is 5.70. The average Bonchev–Trinajstić information content (AvgIpc) is 2.81. The van der Waals surface area contributed by atoms with Gasteiger partial charge in [0.2, 0.25) is 0 Å². The summed E-state index contributed by atoms with van der Waals surface area (Å²) in [5.74, 6) is -1.61. The second-order valence-electron chi connectivity index (χ2n) is 3.41. The van der Waals surface area contributed by atoms with Crippen LogP contribution in [-0.2, 0) is 6.18 Å². The molecule has 2 rings (SSSR count). The number of aromatic nitrogens is 1. The van der Waals surface area contributed by atoms with Crippen LogP contribution in [0.2, 0.25) is 0 Å². The number of nitrogens with zero attached hydrogens (tertiary/aromatic N) is 1. The van der Waals surface area contributed by atoms with Gasteiger partial charge in [-0.2, -0.15) is 13.2 Å². The van der Waals surface area contributed by atoms with Crippen molar-refractivity contribution in [2.45, 2.75) is 13.1 Å². The Hall–Kier alpha value is -1.41. The van der Waals surface area contributed by atoms with Gasteiger partial charge in [0.05, 0.1) is 4.88 Å². The van der Waals surface area contributed by atoms with Crippen LogP contribution in [0.1, 0.15) is 20.2 Å². The molecule has 3 nitrogen and oxygen atoms in total. The molecule has 96 valence electrons. The fraction of sp³-hybridized carbons (Fsp3) is 0.200. The van der Waals surface area contributed by atoms with Crippen LogP contribution in [0.5, 0.6) is 0 Å². The zero-order valence-corrected chi connectivity index (χ0v) is 10.5. The standard InChI is InChI=1S/C10H6F3NO2S2/c1-4-2-3-5(17-4)8-14-7(10(11,12)13)6(18-8)9(15)16/h2-3H,1H3,(H,15,16). The van der Waals surface area contributed by atoms with Gasteiger partial charge in [-0.15, -0.1) is 22.7 Å². The highest BCUT2D eigenvalue weighted by molar-refractivity contribution is 7.22. The quantitative estimate of drug-likeness (QED) is 0.913. The average molecular weight is 293 g/mol. The van der Waals surface area contributed by atoms with Crippen LogP contribution in [-0.4, -0.2) is 16.1 Å². The van der Waals surface area contributed by atoms with Gasteiger partial charge in [0, 0.05) is 4.88 Å². The number of carboxylic acid groups (broad SMARTS) is 1. The van der Waals surface area contributed by atoms with Gasteiger partial charge in [-0.05, 0) is 19.1 Å². The maximum Gasteiger partial charge on any atom is 0.435 e. The normalized spacial score (nSPS) is 11.8. The molecule has 0 radical (unpaired) electrons. The van der Waals surface area contributed by atoms with Gasteiger partial charge in [0.1, 0.15) is 9.88 Å². The van der Waals surface area contributed by atoms with Crippen molar-refractivity contribution in [3.05, 3.63) is 27.6 Å². The van der Waals surface area contributed by atoms with E-state index in [1.165, 1.54) is 11.3 Å². The summed E-state index contributed by atoms with van der Waals surface area (Å²) in [7, 11) is 0. The minimum absolute atomic E-state index is 0.0813. The van der Waals surface area contributed by atoms with Gasteiger partial charge < -0.3 is 5.11 Å². The summed E-state index contributed by atoms with van der Waals surface area (Å²) >= 11 is 1.81. The third-order valence-corrected chi connectivity index (χ3v) is 4.25. The maximum absolute atomic E-state index is 12.6. The van der Waals surface area contributed by atoms with Crippen LogP contribution in [0, 0.1) is 6.92 Å². The minimum atomic E-state index is -4.76. The Morgan fingerprint density at radius 2 is 2.00 bits per heavy atom. The number of alkyl halides is 3. The van der Waals surface area contributed by atoms with E-state index in [1.807, 2.05) is 6.92 Å². The van der Waals surface area contributed by atoms with E-state index >= 15 is 0 Å². The molecule has 0 bridgehead atoms. The second kappa shape index (κ2) is 4.36. The fourth-order valence-corrected chi connectivity index (χ4v) is 3.16. The predicted octanol–water partition coefficient (Wildman–Crippen LogP) is 3.90. The molecule has 0 aromatic carbocycles. The molecule has 0 aliphatic rings. The molecule has 2 aromatic rings. The molecular formula is C10H6F3NO2S2. The van der Waals surface area contributed by atoms with Gasteiger partial charge in [-0.25, -0.2) is 9.78 Å². The lowest BCUT2D eigenvalue weighted by Crippen LogP contribution is -2.11. The van der Waals surface area contributed by atoms with Crippen molar-refractivity contribution in [1.29, 1.82) is 0 Å². The van der Waals surface area contributed by atoms with E-state index in [9.17, 15) is 18.0 Å². The Balaban J connectivity index is 2.56. The zero-order chi connectivity index (χ0) is 13.5. The van der Waals surface area contributed by atoms with Crippen LogP contribution in [0.4, 0.5) is 13.2 Å². The fourth-order valence-electron chi connectivity index (χ4n) is 1.31. The smallest absolute Gasteiger partial charge is 0.435 e. The van der Waals surface area contributed by atoms with Gasteiger partial charge >= 0.3 is 12.1 Å². The van der Waals surface area contributed by atoms with Gasteiger partial charge in [-0.3, -0.25) is 0 Å². The SMILES string of the molecule is Cc1ccc(-c2nc(C(F)(F)F)c(C(=O)O)s2)s1. The van der Waals surface area contributed by atoms with Crippen molar-refractivity contribution in [2.75, 3.05) is 0 Å². The van der Waals surface area contributed by atoms with E-state index in [4.69, 9.17) is 5.11 Å². The molecule has 0 atom stereocenters. The van der Waals surface area contributed by atoms with E-state index in [0.29, 0.717) is 16.2 Å². The van der Waals surface area contributed by atoms with Gasteiger partial charge in [-0.1, -0.05) is 0 Å². The van der Waals surface area contributed by atoms with Gasteiger partial charge in [0.25, 0.3) is 0 Å². The highest BCUT2D eigenvalue weighted by Crippen LogP contribution is 2.39. The number of carbonyl (C=O) groups is 1. The van der Waals surface area contributed by atoms with Crippen LogP contribution >= 0.6 is 22.7 Å². The molecule has 0 fully saturated rings. The number of rotatable bonds is 2. The van der Waals surface area contributed by atoms with Crippen molar-refractivity contribution in [3.8, 4) is 9.88 Å². The number of hydrogen-bond donors (Lipinski definition) is 1. The molecular weight excluding hydrogens is 287 g/mol. The predicted molar refractivity (Wildman–Crippen MR) is 62.1 cm³/mol. The maximum atomic E-state index is 12.6. The number of thiazole rings is 1. The van der Waals surface area contributed by atoms with E-state index in [0.717, 1.165) is 4.88 Å². The molecule has 0 spiro atoms. The molecule has 0 aliphatic heterocycles. The van der Waals surface area contributed by atoms with Crippen molar-refractivity contribution >= 4 is 28.6 Å². The molecule has 0 saturated carbocycles. The van der Waals surface area contributed by atoms with Crippen molar-refractivity contribution < 1.29 is 23.1 Å². The highest BCUT2D eigenvalue weighted by Gasteiger charge is 2.39. The molecule has 0 unspecified atom stereocenters. The largest absolute Gasteiger partial charge is 0.477 e. The van der Waals surface area contributed by atoms with E-state index < -0.39 is 22.7 Å². The Morgan fingerprint density at radius 3 is 2.39 bits per heavy atom. The van der Waals surface area contributed by atoms with E-state index in [1.54, 1.807) is 12.1 Å². The lowest BCUT2D eigenvalue weighted by Gasteiger charge is -2.02. The summed E-state index contributed by atoms with van der Waals surface area (Å²) < 4.78 is 37.9.